The van der Waals surface area contributed by atoms with Crippen LogP contribution in [0.3, 0.4) is 0 Å². The van der Waals surface area contributed by atoms with Crippen molar-refractivity contribution in [3.05, 3.63) is 65.1 Å². The standard InChI is InChI=1S/C18H18ClN3O2/c1-2-13-4-3-5-16(8-13)24-12-18(23)20-10-15-11-22-7-6-14(19)9-17(22)21-15/h3-9,11H,2,10,12H2,1H3,(H,20,23). The first-order chi connectivity index (χ1) is 11.6. The molecule has 0 atom stereocenters. The summed E-state index contributed by atoms with van der Waals surface area (Å²) in [4.78, 5) is 16.3. The quantitative estimate of drug-likeness (QED) is 0.747. The molecule has 3 rings (SSSR count). The fourth-order valence-electron chi connectivity index (χ4n) is 2.34. The highest BCUT2D eigenvalue weighted by molar-refractivity contribution is 6.30. The van der Waals surface area contributed by atoms with E-state index >= 15 is 0 Å². The Morgan fingerprint density at radius 3 is 3.04 bits per heavy atom. The summed E-state index contributed by atoms with van der Waals surface area (Å²) in [5, 5.41) is 3.43. The zero-order valence-corrected chi connectivity index (χ0v) is 14.1. The van der Waals surface area contributed by atoms with Crippen molar-refractivity contribution in [1.29, 1.82) is 0 Å². The normalized spacial score (nSPS) is 10.8. The maximum Gasteiger partial charge on any atom is 0.258 e. The van der Waals surface area contributed by atoms with Crippen LogP contribution >= 0.6 is 11.6 Å². The molecule has 0 aliphatic rings. The molecular formula is C18H18ClN3O2. The molecule has 6 heteroatoms. The Hall–Kier alpha value is -2.53. The SMILES string of the molecule is CCc1cccc(OCC(=O)NCc2cn3ccc(Cl)cc3n2)c1. The van der Waals surface area contributed by atoms with Gasteiger partial charge in [0.05, 0.1) is 12.2 Å². The lowest BCUT2D eigenvalue weighted by molar-refractivity contribution is -0.123. The van der Waals surface area contributed by atoms with E-state index in [1.165, 1.54) is 5.56 Å². The van der Waals surface area contributed by atoms with Gasteiger partial charge in [-0.2, -0.15) is 0 Å². The minimum absolute atomic E-state index is 0.0215. The van der Waals surface area contributed by atoms with E-state index in [2.05, 4.69) is 17.2 Å². The number of hydrogen-bond donors (Lipinski definition) is 1. The van der Waals surface area contributed by atoms with Gasteiger partial charge in [0, 0.05) is 17.4 Å². The molecule has 2 heterocycles. The first-order valence-corrected chi connectivity index (χ1v) is 8.13. The van der Waals surface area contributed by atoms with Crippen molar-refractivity contribution in [2.75, 3.05) is 6.61 Å². The maximum absolute atomic E-state index is 11.9. The maximum atomic E-state index is 11.9. The molecule has 1 N–H and O–H groups in total. The number of amides is 1. The van der Waals surface area contributed by atoms with Gasteiger partial charge in [0.1, 0.15) is 11.4 Å². The van der Waals surface area contributed by atoms with E-state index < -0.39 is 0 Å². The number of carbonyl (C=O) groups is 1. The number of carbonyl (C=O) groups excluding carboxylic acids is 1. The van der Waals surface area contributed by atoms with Gasteiger partial charge >= 0.3 is 0 Å². The van der Waals surface area contributed by atoms with Gasteiger partial charge in [0.2, 0.25) is 0 Å². The second kappa shape index (κ2) is 7.36. The fourth-order valence-corrected chi connectivity index (χ4v) is 2.49. The van der Waals surface area contributed by atoms with Crippen LogP contribution in [-0.4, -0.2) is 21.9 Å². The monoisotopic (exact) mass is 343 g/mol. The van der Waals surface area contributed by atoms with Crippen LogP contribution < -0.4 is 10.1 Å². The minimum atomic E-state index is -0.188. The van der Waals surface area contributed by atoms with Gasteiger partial charge in [0.15, 0.2) is 6.61 Å². The molecule has 0 saturated carbocycles. The molecule has 0 unspecified atom stereocenters. The Morgan fingerprint density at radius 1 is 1.33 bits per heavy atom. The molecule has 5 nitrogen and oxygen atoms in total. The molecule has 2 aromatic heterocycles. The molecule has 0 spiro atoms. The molecule has 0 fully saturated rings. The Kier molecular flexibility index (Phi) is 5.01. The van der Waals surface area contributed by atoms with Crippen molar-refractivity contribution in [3.8, 4) is 5.75 Å². The lowest BCUT2D eigenvalue weighted by Crippen LogP contribution is -2.28. The molecule has 0 bridgehead atoms. The van der Waals surface area contributed by atoms with Crippen LogP contribution in [0.25, 0.3) is 5.65 Å². The van der Waals surface area contributed by atoms with Crippen molar-refractivity contribution >= 4 is 23.2 Å². The molecule has 3 aromatic rings. The first-order valence-electron chi connectivity index (χ1n) is 7.75. The average Bonchev–Trinajstić information content (AvgIpc) is 3.00. The number of aromatic nitrogens is 2. The van der Waals surface area contributed by atoms with Crippen molar-refractivity contribution in [1.82, 2.24) is 14.7 Å². The summed E-state index contributed by atoms with van der Waals surface area (Å²) in [7, 11) is 0. The Balaban J connectivity index is 1.52. The van der Waals surface area contributed by atoms with Crippen LogP contribution in [0.15, 0.2) is 48.8 Å². The van der Waals surface area contributed by atoms with Gasteiger partial charge in [-0.3, -0.25) is 4.79 Å². The minimum Gasteiger partial charge on any atom is -0.484 e. The van der Waals surface area contributed by atoms with Crippen LogP contribution in [0.1, 0.15) is 18.2 Å². The highest BCUT2D eigenvalue weighted by Gasteiger charge is 2.06. The number of nitrogens with one attached hydrogen (secondary N) is 1. The molecule has 0 radical (unpaired) electrons. The number of imidazole rings is 1. The van der Waals surface area contributed by atoms with Crippen LogP contribution in [0, 0.1) is 0 Å². The molecule has 0 aliphatic carbocycles. The molecule has 124 valence electrons. The molecule has 0 aliphatic heterocycles. The number of halogens is 1. The third-order valence-corrected chi connectivity index (χ3v) is 3.85. The van der Waals surface area contributed by atoms with Gasteiger partial charge in [-0.15, -0.1) is 0 Å². The summed E-state index contributed by atoms with van der Waals surface area (Å²) in [6.07, 6.45) is 4.62. The summed E-state index contributed by atoms with van der Waals surface area (Å²) >= 11 is 5.94. The number of ether oxygens (including phenoxy) is 1. The summed E-state index contributed by atoms with van der Waals surface area (Å²) in [5.41, 5.74) is 2.69. The van der Waals surface area contributed by atoms with Gasteiger partial charge in [-0.05, 0) is 36.2 Å². The average molecular weight is 344 g/mol. The van der Waals surface area contributed by atoms with Gasteiger partial charge in [-0.25, -0.2) is 4.98 Å². The largest absolute Gasteiger partial charge is 0.484 e. The second-order valence-electron chi connectivity index (χ2n) is 5.41. The van der Waals surface area contributed by atoms with Gasteiger partial charge in [-0.1, -0.05) is 30.7 Å². The van der Waals surface area contributed by atoms with Gasteiger partial charge < -0.3 is 14.5 Å². The van der Waals surface area contributed by atoms with Crippen LogP contribution in [-0.2, 0) is 17.8 Å². The number of benzene rings is 1. The van der Waals surface area contributed by atoms with Gasteiger partial charge in [0.25, 0.3) is 5.91 Å². The van der Waals surface area contributed by atoms with Crippen molar-refractivity contribution < 1.29 is 9.53 Å². The van der Waals surface area contributed by atoms with E-state index in [-0.39, 0.29) is 12.5 Å². The van der Waals surface area contributed by atoms with E-state index in [1.54, 1.807) is 12.1 Å². The number of hydrogen-bond acceptors (Lipinski definition) is 3. The summed E-state index contributed by atoms with van der Waals surface area (Å²) in [6, 6.07) is 11.3. The predicted molar refractivity (Wildman–Crippen MR) is 93.4 cm³/mol. The van der Waals surface area contributed by atoms with Crippen molar-refractivity contribution in [2.24, 2.45) is 0 Å². The fraction of sp³-hybridized carbons (Fsp3) is 0.222. The van der Waals surface area contributed by atoms with Crippen molar-refractivity contribution in [3.63, 3.8) is 0 Å². The highest BCUT2D eigenvalue weighted by atomic mass is 35.5. The Labute approximate surface area is 145 Å². The number of rotatable bonds is 6. The molecule has 1 amide bonds. The van der Waals surface area contributed by atoms with E-state index in [4.69, 9.17) is 16.3 Å². The smallest absolute Gasteiger partial charge is 0.258 e. The zero-order chi connectivity index (χ0) is 16.9. The third-order valence-electron chi connectivity index (χ3n) is 3.62. The second-order valence-corrected chi connectivity index (χ2v) is 5.85. The van der Waals surface area contributed by atoms with E-state index in [0.29, 0.717) is 17.3 Å². The topological polar surface area (TPSA) is 55.6 Å². The molecule has 1 aromatic carbocycles. The zero-order valence-electron chi connectivity index (χ0n) is 13.3. The number of aryl methyl sites for hydroxylation is 1. The molecule has 0 saturated heterocycles. The summed E-state index contributed by atoms with van der Waals surface area (Å²) in [5.74, 6) is 0.513. The molecule has 24 heavy (non-hydrogen) atoms. The van der Waals surface area contributed by atoms with Crippen LogP contribution in [0.2, 0.25) is 5.02 Å². The predicted octanol–water partition coefficient (Wildman–Crippen LogP) is 3.25. The number of nitrogens with zero attached hydrogens (tertiary/aromatic N) is 2. The number of pyridine rings is 1. The third kappa shape index (κ3) is 4.06. The number of fused-ring (bicyclic) bond motifs is 1. The Morgan fingerprint density at radius 2 is 2.21 bits per heavy atom. The molecular weight excluding hydrogens is 326 g/mol. The highest BCUT2D eigenvalue weighted by Crippen LogP contribution is 2.14. The van der Waals surface area contributed by atoms with Crippen LogP contribution in [0.4, 0.5) is 0 Å². The summed E-state index contributed by atoms with van der Waals surface area (Å²) < 4.78 is 7.38. The van der Waals surface area contributed by atoms with Crippen LogP contribution in [0.5, 0.6) is 5.75 Å². The van der Waals surface area contributed by atoms with Crippen molar-refractivity contribution in [2.45, 2.75) is 19.9 Å². The van der Waals surface area contributed by atoms with E-state index in [9.17, 15) is 4.79 Å². The first kappa shape index (κ1) is 16.3. The summed E-state index contributed by atoms with van der Waals surface area (Å²) in [6.45, 7) is 2.40. The van der Waals surface area contributed by atoms with E-state index in [1.807, 2.05) is 41.1 Å². The lowest BCUT2D eigenvalue weighted by Gasteiger charge is -2.07. The lowest BCUT2D eigenvalue weighted by atomic mass is 10.2. The van der Waals surface area contributed by atoms with E-state index in [0.717, 1.165) is 17.8 Å². The Bertz CT molecular complexity index is 860.